The predicted molar refractivity (Wildman–Crippen MR) is 270 cm³/mol. The molecule has 2 aromatic carbocycles. The number of esters is 1. The molecule has 0 saturated heterocycles. The standard InChI is InChI=1S/C26H34N4O3S2.C22H26N4O3S2/c1-16(2)30-13-11-17-20(15-30)35-25(23(17)24-28-18-8-6-7-9-19(18)34-24)29-21(31)10-12-27-14-22(32)33-26(3,4)5;1-13(2)26-10-8-14-17(12-26)31-22(25-18(27)7-9-23-11-19(28)29)20(14)21-24-15-5-3-4-6-16(15)30-21/h6-9,16,27H,10-15H2,1-5H3,(H,29,31);3-6,13,23H,7-12H2,1-2H3,(H,25,27)(H,28,29). The molecule has 0 radical (unpaired) electrons. The number of carboxylic acids is 1. The Morgan fingerprint density at radius 2 is 1.12 bits per heavy atom. The molecule has 14 nitrogen and oxygen atoms in total. The molecule has 5 N–H and O–H groups in total. The van der Waals surface area contributed by atoms with Gasteiger partial charge in [0.2, 0.25) is 11.8 Å². The second-order valence-electron chi connectivity index (χ2n) is 17.9. The average Bonchev–Trinajstić information content (AvgIpc) is 4.04. The van der Waals surface area contributed by atoms with Crippen molar-refractivity contribution in [2.75, 3.05) is 49.9 Å². The van der Waals surface area contributed by atoms with Gasteiger partial charge in [-0.25, -0.2) is 9.97 Å². The van der Waals surface area contributed by atoms with Crippen molar-refractivity contribution in [1.29, 1.82) is 0 Å². The van der Waals surface area contributed by atoms with Crippen LogP contribution in [0.25, 0.3) is 41.6 Å². The summed E-state index contributed by atoms with van der Waals surface area (Å²) in [5.41, 5.74) is 6.16. The Labute approximate surface area is 402 Å². The third-order valence-corrected chi connectivity index (χ3v) is 15.6. The topological polar surface area (TPSA) is 178 Å². The predicted octanol–water partition coefficient (Wildman–Crippen LogP) is 8.85. The minimum Gasteiger partial charge on any atom is -0.480 e. The summed E-state index contributed by atoms with van der Waals surface area (Å²) in [6.45, 7) is 18.8. The Morgan fingerprint density at radius 1 is 0.682 bits per heavy atom. The summed E-state index contributed by atoms with van der Waals surface area (Å²) in [4.78, 5) is 65.2. The first kappa shape index (κ1) is 49.3. The summed E-state index contributed by atoms with van der Waals surface area (Å²) in [5, 5.41) is 24.3. The van der Waals surface area contributed by atoms with Crippen molar-refractivity contribution < 1.29 is 29.0 Å². The van der Waals surface area contributed by atoms with E-state index in [1.165, 1.54) is 20.9 Å². The number of carbonyl (C=O) groups excluding carboxylic acids is 3. The molecular weight excluding hydrogens is 913 g/mol. The highest BCUT2D eigenvalue weighted by atomic mass is 32.1. The van der Waals surface area contributed by atoms with Crippen molar-refractivity contribution in [1.82, 2.24) is 30.4 Å². The van der Waals surface area contributed by atoms with Crippen molar-refractivity contribution in [3.8, 4) is 21.1 Å². The number of para-hydroxylation sites is 2. The van der Waals surface area contributed by atoms with Crippen LogP contribution in [0.4, 0.5) is 10.0 Å². The number of carboxylic acid groups (broad SMARTS) is 1. The van der Waals surface area contributed by atoms with Gasteiger partial charge in [-0.15, -0.1) is 45.3 Å². The number of nitrogens with one attached hydrogen (secondary N) is 4. The molecule has 66 heavy (non-hydrogen) atoms. The van der Waals surface area contributed by atoms with Crippen molar-refractivity contribution in [2.45, 2.75) is 105 Å². The Balaban J connectivity index is 0.000000198. The monoisotopic (exact) mass is 972 g/mol. The fourth-order valence-corrected chi connectivity index (χ4v) is 12.7. The van der Waals surface area contributed by atoms with Gasteiger partial charge >= 0.3 is 11.9 Å². The number of rotatable bonds is 16. The van der Waals surface area contributed by atoms with Gasteiger partial charge in [-0.3, -0.25) is 29.0 Å². The van der Waals surface area contributed by atoms with Crippen LogP contribution in [0.2, 0.25) is 0 Å². The van der Waals surface area contributed by atoms with E-state index in [2.05, 4.69) is 70.9 Å². The lowest BCUT2D eigenvalue weighted by Gasteiger charge is -2.30. The third-order valence-electron chi connectivity index (χ3n) is 11.2. The molecule has 6 heterocycles. The second-order valence-corrected chi connectivity index (χ2v) is 22.2. The average molecular weight is 973 g/mol. The van der Waals surface area contributed by atoms with Gasteiger partial charge in [-0.1, -0.05) is 24.3 Å². The number of carbonyl (C=O) groups is 4. The Morgan fingerprint density at radius 3 is 1.53 bits per heavy atom. The number of aromatic nitrogens is 2. The molecule has 4 aromatic heterocycles. The van der Waals surface area contributed by atoms with Gasteiger partial charge in [0.15, 0.2) is 0 Å². The molecule has 0 atom stereocenters. The zero-order valence-corrected chi connectivity index (χ0v) is 41.9. The first-order valence-corrected chi connectivity index (χ1v) is 25.7. The maximum atomic E-state index is 12.8. The van der Waals surface area contributed by atoms with Crippen LogP contribution < -0.4 is 21.3 Å². The Kier molecular flexibility index (Phi) is 16.4. The van der Waals surface area contributed by atoms with Crippen LogP contribution in [-0.4, -0.2) is 106 Å². The van der Waals surface area contributed by atoms with Gasteiger partial charge in [0.1, 0.15) is 25.6 Å². The van der Waals surface area contributed by atoms with Crippen molar-refractivity contribution >= 4 is 99.5 Å². The number of aliphatic carboxylic acids is 1. The number of thiazole rings is 2. The summed E-state index contributed by atoms with van der Waals surface area (Å²) in [5.74, 6) is -1.46. The van der Waals surface area contributed by atoms with E-state index in [-0.39, 0.29) is 43.7 Å². The lowest BCUT2D eigenvalue weighted by molar-refractivity contribution is -0.153. The lowest BCUT2D eigenvalue weighted by Crippen LogP contribution is -2.35. The molecule has 2 amide bonds. The van der Waals surface area contributed by atoms with Crippen LogP contribution in [0.3, 0.4) is 0 Å². The number of anilines is 2. The van der Waals surface area contributed by atoms with Gasteiger partial charge in [0.25, 0.3) is 0 Å². The number of benzene rings is 2. The Bertz CT molecular complexity index is 2610. The van der Waals surface area contributed by atoms with Crippen molar-refractivity contribution in [3.63, 3.8) is 0 Å². The van der Waals surface area contributed by atoms with Crippen LogP contribution in [0.5, 0.6) is 0 Å². The number of hydrogen-bond acceptors (Lipinski definition) is 15. The van der Waals surface area contributed by atoms with E-state index < -0.39 is 11.6 Å². The molecule has 0 aliphatic carbocycles. The van der Waals surface area contributed by atoms with E-state index in [0.29, 0.717) is 25.2 Å². The van der Waals surface area contributed by atoms with Crippen LogP contribution in [0, 0.1) is 0 Å². The summed E-state index contributed by atoms with van der Waals surface area (Å²) >= 11 is 6.63. The smallest absolute Gasteiger partial charge is 0.320 e. The minimum atomic E-state index is -0.931. The number of fused-ring (bicyclic) bond motifs is 4. The normalized spacial score (nSPS) is 14.3. The molecule has 18 heteroatoms. The summed E-state index contributed by atoms with van der Waals surface area (Å²) in [6, 6.07) is 17.2. The summed E-state index contributed by atoms with van der Waals surface area (Å²) in [7, 11) is 0. The van der Waals surface area contributed by atoms with Gasteiger partial charge in [0.05, 0.1) is 33.5 Å². The quantitative estimate of drug-likeness (QED) is 0.0461. The fraction of sp³-hybridized carbons (Fsp3) is 0.458. The lowest BCUT2D eigenvalue weighted by atomic mass is 10.0. The molecular formula is C48H60N8O6S4. The molecule has 352 valence electrons. The third kappa shape index (κ3) is 12.7. The molecule has 0 spiro atoms. The SMILES string of the molecule is CC(C)N1CCc2c(sc(NC(=O)CCNCC(=O)O)c2-c2nc3ccccc3s2)C1.CC(C)N1CCc2c(sc(NC(=O)CCNCC(=O)OC(C)(C)C)c2-c2nc3ccccc3s2)C1. The first-order chi connectivity index (χ1) is 31.5. The zero-order chi connectivity index (χ0) is 47.1. The molecule has 8 rings (SSSR count). The highest BCUT2D eigenvalue weighted by Gasteiger charge is 2.30. The zero-order valence-electron chi connectivity index (χ0n) is 38.7. The van der Waals surface area contributed by atoms with Crippen molar-refractivity contribution in [3.05, 3.63) is 69.4 Å². The van der Waals surface area contributed by atoms with Crippen LogP contribution in [0.1, 0.15) is 82.2 Å². The maximum absolute atomic E-state index is 12.8. The number of hydrogen-bond donors (Lipinski definition) is 5. The summed E-state index contributed by atoms with van der Waals surface area (Å²) < 4.78 is 7.57. The van der Waals surface area contributed by atoms with E-state index in [4.69, 9.17) is 19.8 Å². The van der Waals surface area contributed by atoms with E-state index in [1.807, 2.05) is 57.2 Å². The van der Waals surface area contributed by atoms with Gasteiger partial charge in [-0.05, 0) is 96.7 Å². The van der Waals surface area contributed by atoms with Gasteiger partial charge in [-0.2, -0.15) is 0 Å². The number of amides is 2. The van der Waals surface area contributed by atoms with Crippen LogP contribution in [-0.2, 0) is 49.8 Å². The molecule has 2 aliphatic rings. The van der Waals surface area contributed by atoms with Crippen molar-refractivity contribution in [2.24, 2.45) is 0 Å². The number of thiophene rings is 2. The molecule has 6 aromatic rings. The summed E-state index contributed by atoms with van der Waals surface area (Å²) in [6.07, 6.45) is 2.36. The maximum Gasteiger partial charge on any atom is 0.320 e. The molecule has 2 aliphatic heterocycles. The van der Waals surface area contributed by atoms with E-state index in [1.54, 1.807) is 45.3 Å². The van der Waals surface area contributed by atoms with E-state index in [0.717, 1.165) is 90.6 Å². The van der Waals surface area contributed by atoms with Gasteiger partial charge in [0, 0.05) is 85.1 Å². The highest BCUT2D eigenvalue weighted by Crippen LogP contribution is 2.47. The molecule has 0 fully saturated rings. The minimum absolute atomic E-state index is 0.0802. The van der Waals surface area contributed by atoms with Crippen LogP contribution in [0.15, 0.2) is 48.5 Å². The molecule has 0 unspecified atom stereocenters. The largest absolute Gasteiger partial charge is 0.480 e. The Hall–Kier alpha value is -4.66. The first-order valence-electron chi connectivity index (χ1n) is 22.5. The molecule has 0 saturated carbocycles. The number of ether oxygens (including phenoxy) is 1. The van der Waals surface area contributed by atoms with Gasteiger partial charge < -0.3 is 31.1 Å². The van der Waals surface area contributed by atoms with E-state index >= 15 is 0 Å². The second kappa shape index (κ2) is 22.0. The highest BCUT2D eigenvalue weighted by molar-refractivity contribution is 7.23. The number of nitrogens with zero attached hydrogens (tertiary/aromatic N) is 4. The fourth-order valence-electron chi connectivity index (χ4n) is 7.86. The molecule has 0 bridgehead atoms. The van der Waals surface area contributed by atoms with Crippen LogP contribution >= 0.6 is 45.3 Å². The van der Waals surface area contributed by atoms with E-state index in [9.17, 15) is 19.2 Å².